The number of anilines is 1. The zero-order valence-corrected chi connectivity index (χ0v) is 8.79. The van der Waals surface area contributed by atoms with Crippen LogP contribution in [0.4, 0.5) is 5.82 Å². The monoisotopic (exact) mass is 190 g/mol. The zero-order valence-electron chi connectivity index (χ0n) is 8.79. The molecule has 0 unspecified atom stereocenters. The van der Waals surface area contributed by atoms with Crippen LogP contribution in [-0.2, 0) is 0 Å². The number of pyridine rings is 1. The Kier molecular flexibility index (Phi) is 3.02. The second-order valence-corrected chi connectivity index (χ2v) is 4.18. The highest BCUT2D eigenvalue weighted by Gasteiger charge is 2.19. The second kappa shape index (κ2) is 4.45. The molecule has 0 atom stereocenters. The molecule has 0 radical (unpaired) electrons. The first-order chi connectivity index (χ1) is 6.84. The summed E-state index contributed by atoms with van der Waals surface area (Å²) in [6.45, 7) is 3.09. The highest BCUT2D eigenvalue weighted by atomic mass is 15.0. The van der Waals surface area contributed by atoms with Gasteiger partial charge < -0.3 is 5.32 Å². The average Bonchev–Trinajstić information content (AvgIpc) is 2.96. The van der Waals surface area contributed by atoms with Crippen LogP contribution in [0.5, 0.6) is 0 Å². The Hall–Kier alpha value is -1.05. The predicted octanol–water partition coefficient (Wildman–Crippen LogP) is 2.99. The molecule has 2 rings (SSSR count). The standard InChI is InChI=1S/C12H18N2/c1-10-4-2-6-12(14-10)13-9-3-5-11-7-8-11/h2,4,6,11H,3,5,7-9H2,1H3,(H,13,14). The van der Waals surface area contributed by atoms with Crippen molar-refractivity contribution in [3.05, 3.63) is 23.9 Å². The SMILES string of the molecule is Cc1cccc(NCCCC2CC2)n1. The number of hydrogen-bond donors (Lipinski definition) is 1. The lowest BCUT2D eigenvalue weighted by Gasteiger charge is -2.05. The summed E-state index contributed by atoms with van der Waals surface area (Å²) in [6, 6.07) is 6.10. The van der Waals surface area contributed by atoms with Gasteiger partial charge in [-0.3, -0.25) is 0 Å². The Morgan fingerprint density at radius 2 is 2.29 bits per heavy atom. The van der Waals surface area contributed by atoms with Gasteiger partial charge in [0.05, 0.1) is 0 Å². The lowest BCUT2D eigenvalue weighted by Crippen LogP contribution is -2.03. The van der Waals surface area contributed by atoms with Crippen molar-refractivity contribution < 1.29 is 0 Å². The summed E-state index contributed by atoms with van der Waals surface area (Å²) in [4.78, 5) is 4.39. The topological polar surface area (TPSA) is 24.9 Å². The van der Waals surface area contributed by atoms with E-state index < -0.39 is 0 Å². The van der Waals surface area contributed by atoms with Gasteiger partial charge in [0, 0.05) is 12.2 Å². The first-order valence-electron chi connectivity index (χ1n) is 5.52. The minimum absolute atomic E-state index is 1.01. The van der Waals surface area contributed by atoms with Crippen molar-refractivity contribution in [1.82, 2.24) is 4.98 Å². The molecule has 0 amide bonds. The van der Waals surface area contributed by atoms with Crippen molar-refractivity contribution >= 4 is 5.82 Å². The van der Waals surface area contributed by atoms with E-state index in [1.165, 1.54) is 25.7 Å². The summed E-state index contributed by atoms with van der Waals surface area (Å²) in [5.74, 6) is 2.06. The Bertz CT molecular complexity index is 292. The maximum atomic E-state index is 4.39. The number of nitrogens with zero attached hydrogens (tertiary/aromatic N) is 1. The Morgan fingerprint density at radius 1 is 1.43 bits per heavy atom. The third-order valence-electron chi connectivity index (χ3n) is 2.68. The molecule has 1 aliphatic carbocycles. The summed E-state index contributed by atoms with van der Waals surface area (Å²) in [5.41, 5.74) is 1.08. The molecule has 0 spiro atoms. The van der Waals surface area contributed by atoms with E-state index in [0.717, 1.165) is 24.0 Å². The van der Waals surface area contributed by atoms with Crippen molar-refractivity contribution in [1.29, 1.82) is 0 Å². The molecule has 1 saturated carbocycles. The van der Waals surface area contributed by atoms with Gasteiger partial charge in [0.25, 0.3) is 0 Å². The van der Waals surface area contributed by atoms with Crippen molar-refractivity contribution in [2.24, 2.45) is 5.92 Å². The largest absolute Gasteiger partial charge is 0.370 e. The fourth-order valence-corrected chi connectivity index (χ4v) is 1.66. The lowest BCUT2D eigenvalue weighted by atomic mass is 10.2. The zero-order chi connectivity index (χ0) is 9.80. The summed E-state index contributed by atoms with van der Waals surface area (Å²) < 4.78 is 0. The van der Waals surface area contributed by atoms with Crippen LogP contribution in [0.1, 0.15) is 31.4 Å². The van der Waals surface area contributed by atoms with Crippen molar-refractivity contribution in [2.75, 3.05) is 11.9 Å². The molecule has 0 aliphatic heterocycles. The number of hydrogen-bond acceptors (Lipinski definition) is 2. The molecule has 1 aliphatic rings. The third kappa shape index (κ3) is 3.02. The fraction of sp³-hybridized carbons (Fsp3) is 0.583. The van der Waals surface area contributed by atoms with E-state index in [1.54, 1.807) is 0 Å². The molecule has 1 heterocycles. The molecule has 14 heavy (non-hydrogen) atoms. The van der Waals surface area contributed by atoms with Gasteiger partial charge in [-0.2, -0.15) is 0 Å². The maximum Gasteiger partial charge on any atom is 0.126 e. The summed E-state index contributed by atoms with van der Waals surface area (Å²) in [5, 5.41) is 3.36. The van der Waals surface area contributed by atoms with Gasteiger partial charge in [-0.15, -0.1) is 0 Å². The van der Waals surface area contributed by atoms with E-state index in [4.69, 9.17) is 0 Å². The molecule has 1 fully saturated rings. The van der Waals surface area contributed by atoms with Crippen LogP contribution < -0.4 is 5.32 Å². The average molecular weight is 190 g/mol. The van der Waals surface area contributed by atoms with Gasteiger partial charge in [-0.05, 0) is 37.8 Å². The summed E-state index contributed by atoms with van der Waals surface area (Å²) >= 11 is 0. The lowest BCUT2D eigenvalue weighted by molar-refractivity contribution is 0.686. The van der Waals surface area contributed by atoms with Crippen molar-refractivity contribution in [3.63, 3.8) is 0 Å². The van der Waals surface area contributed by atoms with Gasteiger partial charge in [0.15, 0.2) is 0 Å². The van der Waals surface area contributed by atoms with Crippen LogP contribution in [0.25, 0.3) is 0 Å². The van der Waals surface area contributed by atoms with Gasteiger partial charge >= 0.3 is 0 Å². The molecule has 2 nitrogen and oxygen atoms in total. The van der Waals surface area contributed by atoms with Crippen LogP contribution in [-0.4, -0.2) is 11.5 Å². The van der Waals surface area contributed by atoms with E-state index in [9.17, 15) is 0 Å². The van der Waals surface area contributed by atoms with Crippen molar-refractivity contribution in [3.8, 4) is 0 Å². The molecule has 2 heteroatoms. The molecule has 76 valence electrons. The van der Waals surface area contributed by atoms with Gasteiger partial charge in [0.1, 0.15) is 5.82 Å². The number of rotatable bonds is 5. The Balaban J connectivity index is 1.68. The van der Waals surface area contributed by atoms with Crippen LogP contribution in [0, 0.1) is 12.8 Å². The van der Waals surface area contributed by atoms with E-state index in [1.807, 2.05) is 25.1 Å². The van der Waals surface area contributed by atoms with Gasteiger partial charge in [-0.1, -0.05) is 18.9 Å². The first-order valence-corrected chi connectivity index (χ1v) is 5.52. The normalized spacial score (nSPS) is 15.5. The van der Waals surface area contributed by atoms with Crippen LogP contribution >= 0.6 is 0 Å². The predicted molar refractivity (Wildman–Crippen MR) is 59.4 cm³/mol. The van der Waals surface area contributed by atoms with Gasteiger partial charge in [-0.25, -0.2) is 4.98 Å². The highest BCUT2D eigenvalue weighted by Crippen LogP contribution is 2.33. The summed E-state index contributed by atoms with van der Waals surface area (Å²) in [7, 11) is 0. The number of nitrogens with one attached hydrogen (secondary N) is 1. The first kappa shape index (κ1) is 9.50. The molecule has 0 bridgehead atoms. The molecule has 1 aromatic rings. The molecule has 0 saturated heterocycles. The molecular weight excluding hydrogens is 172 g/mol. The minimum Gasteiger partial charge on any atom is -0.370 e. The quantitative estimate of drug-likeness (QED) is 0.722. The van der Waals surface area contributed by atoms with Gasteiger partial charge in [0.2, 0.25) is 0 Å². The van der Waals surface area contributed by atoms with Crippen LogP contribution in [0.3, 0.4) is 0 Å². The van der Waals surface area contributed by atoms with E-state index in [2.05, 4.69) is 10.3 Å². The third-order valence-corrected chi connectivity index (χ3v) is 2.68. The molecule has 1 N–H and O–H groups in total. The Labute approximate surface area is 85.7 Å². The van der Waals surface area contributed by atoms with Crippen LogP contribution in [0.15, 0.2) is 18.2 Å². The number of aryl methyl sites for hydroxylation is 1. The van der Waals surface area contributed by atoms with E-state index >= 15 is 0 Å². The number of aromatic nitrogens is 1. The highest BCUT2D eigenvalue weighted by molar-refractivity contribution is 5.34. The smallest absolute Gasteiger partial charge is 0.126 e. The molecule has 0 aromatic carbocycles. The maximum absolute atomic E-state index is 4.39. The van der Waals surface area contributed by atoms with Crippen LogP contribution in [0.2, 0.25) is 0 Å². The fourth-order valence-electron chi connectivity index (χ4n) is 1.66. The Morgan fingerprint density at radius 3 is 3.00 bits per heavy atom. The molecule has 1 aromatic heterocycles. The van der Waals surface area contributed by atoms with E-state index in [-0.39, 0.29) is 0 Å². The second-order valence-electron chi connectivity index (χ2n) is 4.18. The van der Waals surface area contributed by atoms with Crippen molar-refractivity contribution in [2.45, 2.75) is 32.6 Å². The summed E-state index contributed by atoms with van der Waals surface area (Å²) in [6.07, 6.45) is 5.59. The van der Waals surface area contributed by atoms with E-state index in [0.29, 0.717) is 0 Å². The minimum atomic E-state index is 1.01. The molecular formula is C12H18N2.